The van der Waals surface area contributed by atoms with Crippen LogP contribution in [0.1, 0.15) is 25.7 Å². The molecule has 25 heavy (non-hydrogen) atoms. The molecule has 2 unspecified atom stereocenters. The zero-order chi connectivity index (χ0) is 17.4. The second kappa shape index (κ2) is 6.92. The Morgan fingerprint density at radius 1 is 1.28 bits per heavy atom. The van der Waals surface area contributed by atoms with Gasteiger partial charge in [0.25, 0.3) is 0 Å². The molecule has 0 aromatic carbocycles. The molecule has 1 N–H and O–H groups in total. The summed E-state index contributed by atoms with van der Waals surface area (Å²) in [5.41, 5.74) is 0.799. The molecule has 0 spiro atoms. The van der Waals surface area contributed by atoms with Gasteiger partial charge < -0.3 is 10.1 Å². The standard InChI is InChI=1S/C18H20ClN3O2S/c1-24-17(23)15-10-4-6-11(7-5-10)16(15)21-14-9-12(20-18(19)22-14)13-3-2-8-25-13/h2-3,8-11,15-16H,4-7H2,1H3,(H,20,21,22). The number of thiophene rings is 1. The number of aromatic nitrogens is 2. The zero-order valence-corrected chi connectivity index (χ0v) is 15.5. The highest BCUT2D eigenvalue weighted by Gasteiger charge is 2.47. The smallest absolute Gasteiger partial charge is 0.311 e. The maximum absolute atomic E-state index is 12.4. The topological polar surface area (TPSA) is 64.1 Å². The van der Waals surface area contributed by atoms with E-state index in [2.05, 4.69) is 15.3 Å². The minimum absolute atomic E-state index is 0.0436. The van der Waals surface area contributed by atoms with E-state index in [-0.39, 0.29) is 23.2 Å². The van der Waals surface area contributed by atoms with Gasteiger partial charge in [-0.15, -0.1) is 11.3 Å². The van der Waals surface area contributed by atoms with Crippen LogP contribution < -0.4 is 5.32 Å². The number of hydrogen-bond acceptors (Lipinski definition) is 6. The van der Waals surface area contributed by atoms with Crippen molar-refractivity contribution in [3.8, 4) is 10.6 Å². The predicted octanol–water partition coefficient (Wildman–Crippen LogP) is 4.25. The average Bonchev–Trinajstić information content (AvgIpc) is 3.16. The molecule has 0 saturated heterocycles. The molecule has 3 saturated carbocycles. The molecule has 7 heteroatoms. The molecule has 2 aromatic rings. The van der Waals surface area contributed by atoms with Crippen LogP contribution in [0, 0.1) is 17.8 Å². The molecular weight excluding hydrogens is 358 g/mol. The fourth-order valence-corrected chi connectivity index (χ4v) is 5.21. The van der Waals surface area contributed by atoms with Gasteiger partial charge in [0.1, 0.15) is 5.82 Å². The molecule has 0 aliphatic heterocycles. The van der Waals surface area contributed by atoms with E-state index < -0.39 is 0 Å². The van der Waals surface area contributed by atoms with E-state index in [1.165, 1.54) is 7.11 Å². The number of methoxy groups -OCH3 is 1. The Morgan fingerprint density at radius 3 is 2.72 bits per heavy atom. The van der Waals surface area contributed by atoms with Gasteiger partial charge in [0.15, 0.2) is 0 Å². The third kappa shape index (κ3) is 3.25. The molecule has 2 heterocycles. The average molecular weight is 378 g/mol. The van der Waals surface area contributed by atoms with E-state index in [1.807, 2.05) is 23.6 Å². The Labute approximate surface area is 155 Å². The lowest BCUT2D eigenvalue weighted by Gasteiger charge is -2.47. The highest BCUT2D eigenvalue weighted by Crippen LogP contribution is 2.46. The zero-order valence-electron chi connectivity index (χ0n) is 13.9. The van der Waals surface area contributed by atoms with Crippen molar-refractivity contribution in [3.05, 3.63) is 28.9 Å². The van der Waals surface area contributed by atoms with Crippen LogP contribution in [0.25, 0.3) is 10.6 Å². The summed E-state index contributed by atoms with van der Waals surface area (Å²) in [5.74, 6) is 1.30. The van der Waals surface area contributed by atoms with E-state index in [4.69, 9.17) is 16.3 Å². The van der Waals surface area contributed by atoms with Crippen LogP contribution in [0.15, 0.2) is 23.6 Å². The molecule has 3 aliphatic rings. The molecule has 2 atom stereocenters. The Balaban J connectivity index is 1.63. The Morgan fingerprint density at radius 2 is 2.04 bits per heavy atom. The minimum Gasteiger partial charge on any atom is -0.469 e. The summed E-state index contributed by atoms with van der Waals surface area (Å²) in [6.07, 6.45) is 4.50. The van der Waals surface area contributed by atoms with Crippen LogP contribution in [-0.2, 0) is 9.53 Å². The third-order valence-corrected chi connectivity index (χ3v) is 6.54. The SMILES string of the molecule is COC(=O)C1C2CCC(CC2)C1Nc1cc(-c2cccs2)nc(Cl)n1. The number of halogens is 1. The summed E-state index contributed by atoms with van der Waals surface area (Å²) < 4.78 is 5.08. The van der Waals surface area contributed by atoms with Gasteiger partial charge in [-0.25, -0.2) is 9.97 Å². The van der Waals surface area contributed by atoms with Crippen molar-refractivity contribution in [1.82, 2.24) is 9.97 Å². The van der Waals surface area contributed by atoms with Crippen molar-refractivity contribution in [1.29, 1.82) is 0 Å². The van der Waals surface area contributed by atoms with Gasteiger partial charge in [-0.2, -0.15) is 0 Å². The molecular formula is C18H20ClN3O2S. The summed E-state index contributed by atoms with van der Waals surface area (Å²) in [7, 11) is 1.47. The number of nitrogens with one attached hydrogen (secondary N) is 1. The van der Waals surface area contributed by atoms with Crippen LogP contribution in [0.3, 0.4) is 0 Å². The first kappa shape index (κ1) is 16.8. The van der Waals surface area contributed by atoms with Gasteiger partial charge in [0.2, 0.25) is 5.28 Å². The quantitative estimate of drug-likeness (QED) is 0.637. The molecule has 5 nitrogen and oxygen atoms in total. The van der Waals surface area contributed by atoms with Crippen molar-refractivity contribution in [2.24, 2.45) is 17.8 Å². The van der Waals surface area contributed by atoms with Crippen LogP contribution in [0.5, 0.6) is 0 Å². The first-order valence-corrected chi connectivity index (χ1v) is 9.84. The molecule has 5 rings (SSSR count). The van der Waals surface area contributed by atoms with E-state index in [0.29, 0.717) is 17.7 Å². The van der Waals surface area contributed by atoms with Gasteiger partial charge in [-0.1, -0.05) is 6.07 Å². The van der Waals surface area contributed by atoms with Gasteiger partial charge in [0.05, 0.1) is 23.6 Å². The van der Waals surface area contributed by atoms with Gasteiger partial charge in [0, 0.05) is 12.1 Å². The molecule has 3 fully saturated rings. The molecule has 0 amide bonds. The second-order valence-electron chi connectivity index (χ2n) is 6.78. The number of rotatable bonds is 4. The van der Waals surface area contributed by atoms with Crippen LogP contribution in [-0.4, -0.2) is 29.1 Å². The fraction of sp³-hybridized carbons (Fsp3) is 0.500. The Kier molecular flexibility index (Phi) is 4.65. The minimum atomic E-state index is -0.120. The predicted molar refractivity (Wildman–Crippen MR) is 98.7 cm³/mol. The molecule has 2 bridgehead atoms. The van der Waals surface area contributed by atoms with Gasteiger partial charge in [-0.05, 0) is 60.6 Å². The highest BCUT2D eigenvalue weighted by atomic mass is 35.5. The first-order chi connectivity index (χ1) is 12.2. The molecule has 0 radical (unpaired) electrons. The Hall–Kier alpha value is -1.66. The van der Waals surface area contributed by atoms with E-state index in [0.717, 1.165) is 36.3 Å². The number of carbonyl (C=O) groups excluding carboxylic acids is 1. The lowest BCUT2D eigenvalue weighted by molar-refractivity contribution is -0.152. The fourth-order valence-electron chi connectivity index (χ4n) is 4.35. The van der Waals surface area contributed by atoms with Crippen LogP contribution in [0.2, 0.25) is 5.28 Å². The number of fused-ring (bicyclic) bond motifs is 3. The van der Waals surface area contributed by atoms with Crippen LogP contribution in [0.4, 0.5) is 5.82 Å². The largest absolute Gasteiger partial charge is 0.469 e. The second-order valence-corrected chi connectivity index (χ2v) is 8.06. The molecule has 3 aliphatic carbocycles. The van der Waals surface area contributed by atoms with E-state index in [9.17, 15) is 4.79 Å². The molecule has 2 aromatic heterocycles. The summed E-state index contributed by atoms with van der Waals surface area (Å²) in [6, 6.07) is 5.94. The molecule has 132 valence electrons. The lowest BCUT2D eigenvalue weighted by Crippen LogP contribution is -2.51. The third-order valence-electron chi connectivity index (χ3n) is 5.48. The lowest BCUT2D eigenvalue weighted by atomic mass is 9.61. The van der Waals surface area contributed by atoms with Crippen LogP contribution >= 0.6 is 22.9 Å². The maximum atomic E-state index is 12.4. The van der Waals surface area contributed by atoms with Crippen molar-refractivity contribution in [3.63, 3.8) is 0 Å². The summed E-state index contributed by atoms with van der Waals surface area (Å²) in [6.45, 7) is 0. The van der Waals surface area contributed by atoms with Crippen molar-refractivity contribution >= 4 is 34.7 Å². The Bertz CT molecular complexity index is 760. The monoisotopic (exact) mass is 377 g/mol. The summed E-state index contributed by atoms with van der Waals surface area (Å²) >= 11 is 7.75. The first-order valence-electron chi connectivity index (χ1n) is 8.58. The van der Waals surface area contributed by atoms with Crippen molar-refractivity contribution in [2.75, 3.05) is 12.4 Å². The normalized spacial score (nSPS) is 27.9. The van der Waals surface area contributed by atoms with Gasteiger partial charge >= 0.3 is 5.97 Å². The number of anilines is 1. The van der Waals surface area contributed by atoms with Gasteiger partial charge in [-0.3, -0.25) is 4.79 Å². The number of hydrogen-bond donors (Lipinski definition) is 1. The number of nitrogens with zero attached hydrogens (tertiary/aromatic N) is 2. The number of carbonyl (C=O) groups is 1. The summed E-state index contributed by atoms with van der Waals surface area (Å²) in [5, 5.41) is 5.71. The van der Waals surface area contributed by atoms with Crippen molar-refractivity contribution in [2.45, 2.75) is 31.7 Å². The van der Waals surface area contributed by atoms with Crippen molar-refractivity contribution < 1.29 is 9.53 Å². The summed E-state index contributed by atoms with van der Waals surface area (Å²) in [4.78, 5) is 22.1. The maximum Gasteiger partial charge on any atom is 0.311 e. The van der Waals surface area contributed by atoms with E-state index in [1.54, 1.807) is 11.3 Å². The number of esters is 1. The van der Waals surface area contributed by atoms with E-state index >= 15 is 0 Å². The number of ether oxygens (including phenoxy) is 1. The highest BCUT2D eigenvalue weighted by molar-refractivity contribution is 7.13.